The highest BCUT2D eigenvalue weighted by molar-refractivity contribution is 8.21. The number of benzene rings is 3. The van der Waals surface area contributed by atoms with E-state index in [4.69, 9.17) is 0 Å². The van der Waals surface area contributed by atoms with E-state index in [1.807, 2.05) is 42.5 Å². The number of carbonyl (C=O) groups excluding carboxylic acids is 1. The molecule has 0 aliphatic carbocycles. The minimum atomic E-state index is -3.75. The van der Waals surface area contributed by atoms with Crippen molar-refractivity contribution >= 4 is 57.3 Å². The number of thioether (sulfide) groups is 1. The minimum absolute atomic E-state index is 0.124. The van der Waals surface area contributed by atoms with Crippen molar-refractivity contribution in [3.05, 3.63) is 90.5 Å². The summed E-state index contributed by atoms with van der Waals surface area (Å²) in [5.41, 5.74) is 5.92. The minimum Gasteiger partial charge on any atom is -0.300 e. The second kappa shape index (κ2) is 10.2. The van der Waals surface area contributed by atoms with Gasteiger partial charge in [0.15, 0.2) is 5.17 Å². The number of nitrogens with zero attached hydrogens (tertiary/aromatic N) is 1. The van der Waals surface area contributed by atoms with Crippen LogP contribution in [0.2, 0.25) is 0 Å². The SMILES string of the molecule is O=C(/C=C/c1ccc(S(=O)(=O)Nc2ccc(-c3ccccc3)cc2)cc1)NC1=NNC(S)S1. The molecule has 3 aromatic carbocycles. The number of sulfonamides is 1. The number of amides is 1. The number of amidine groups is 1. The number of anilines is 1. The fraction of sp³-hybridized carbons (Fsp3) is 0.0435. The monoisotopic (exact) mass is 496 g/mol. The van der Waals surface area contributed by atoms with Crippen LogP contribution >= 0.6 is 24.4 Å². The van der Waals surface area contributed by atoms with Gasteiger partial charge in [0.1, 0.15) is 4.71 Å². The molecule has 0 radical (unpaired) electrons. The zero-order valence-corrected chi connectivity index (χ0v) is 19.7. The maximum atomic E-state index is 12.7. The first-order valence-electron chi connectivity index (χ1n) is 9.84. The van der Waals surface area contributed by atoms with Crippen LogP contribution in [-0.2, 0) is 14.8 Å². The molecule has 1 heterocycles. The molecule has 7 nitrogen and oxygen atoms in total. The van der Waals surface area contributed by atoms with Crippen molar-refractivity contribution in [2.45, 2.75) is 9.60 Å². The van der Waals surface area contributed by atoms with Crippen molar-refractivity contribution in [1.82, 2.24) is 10.7 Å². The van der Waals surface area contributed by atoms with E-state index in [9.17, 15) is 13.2 Å². The molecular weight excluding hydrogens is 476 g/mol. The predicted molar refractivity (Wildman–Crippen MR) is 137 cm³/mol. The fourth-order valence-electron chi connectivity index (χ4n) is 2.98. The van der Waals surface area contributed by atoms with Gasteiger partial charge in [0.2, 0.25) is 5.91 Å². The Kier molecular flexibility index (Phi) is 7.07. The van der Waals surface area contributed by atoms with E-state index in [0.717, 1.165) is 11.1 Å². The van der Waals surface area contributed by atoms with Gasteiger partial charge in [-0.25, -0.2) is 8.42 Å². The largest absolute Gasteiger partial charge is 0.300 e. The Morgan fingerprint density at radius 1 is 0.970 bits per heavy atom. The number of rotatable bonds is 6. The number of carbonyl (C=O) groups is 1. The van der Waals surface area contributed by atoms with E-state index in [1.165, 1.54) is 30.0 Å². The lowest BCUT2D eigenvalue weighted by Crippen LogP contribution is -2.25. The molecule has 1 unspecified atom stereocenters. The van der Waals surface area contributed by atoms with E-state index < -0.39 is 10.0 Å². The van der Waals surface area contributed by atoms with Crippen LogP contribution in [0.5, 0.6) is 0 Å². The second-order valence-electron chi connectivity index (χ2n) is 6.96. The molecule has 33 heavy (non-hydrogen) atoms. The predicted octanol–water partition coefficient (Wildman–Crippen LogP) is 4.10. The van der Waals surface area contributed by atoms with E-state index in [1.54, 1.807) is 30.3 Å². The molecule has 0 fully saturated rings. The van der Waals surface area contributed by atoms with Gasteiger partial charge in [-0.1, -0.05) is 54.6 Å². The number of thiol groups is 1. The third kappa shape index (κ3) is 6.19. The Morgan fingerprint density at radius 3 is 2.27 bits per heavy atom. The maximum Gasteiger partial charge on any atom is 0.261 e. The molecule has 10 heteroatoms. The third-order valence-corrected chi connectivity index (χ3v) is 7.17. The molecule has 3 N–H and O–H groups in total. The Bertz CT molecular complexity index is 1290. The third-order valence-electron chi connectivity index (χ3n) is 4.59. The smallest absolute Gasteiger partial charge is 0.261 e. The van der Waals surface area contributed by atoms with Crippen LogP contribution < -0.4 is 15.5 Å². The molecule has 1 amide bonds. The van der Waals surface area contributed by atoms with Crippen LogP contribution in [0.4, 0.5) is 5.69 Å². The average molecular weight is 497 g/mol. The normalized spacial score (nSPS) is 15.7. The van der Waals surface area contributed by atoms with E-state index in [-0.39, 0.29) is 15.5 Å². The molecule has 0 aromatic heterocycles. The van der Waals surface area contributed by atoms with Crippen LogP contribution in [-0.4, -0.2) is 24.2 Å². The summed E-state index contributed by atoms with van der Waals surface area (Å²) in [5.74, 6) is -0.345. The zero-order valence-electron chi connectivity index (χ0n) is 17.2. The summed E-state index contributed by atoms with van der Waals surface area (Å²) in [6.45, 7) is 0. The average Bonchev–Trinajstić information content (AvgIpc) is 3.23. The Morgan fingerprint density at radius 2 is 1.64 bits per heavy atom. The van der Waals surface area contributed by atoms with Gasteiger partial charge in [0.25, 0.3) is 10.0 Å². The first kappa shape index (κ1) is 23.0. The summed E-state index contributed by atoms with van der Waals surface area (Å²) in [6, 6.07) is 23.3. The lowest BCUT2D eigenvalue weighted by molar-refractivity contribution is -0.115. The summed E-state index contributed by atoms with van der Waals surface area (Å²) >= 11 is 5.46. The summed E-state index contributed by atoms with van der Waals surface area (Å²) in [5, 5.41) is 6.98. The fourth-order valence-corrected chi connectivity index (χ4v) is 4.98. The Balaban J connectivity index is 1.38. The molecule has 1 atom stereocenters. The van der Waals surface area contributed by atoms with Gasteiger partial charge in [-0.3, -0.25) is 14.9 Å². The summed E-state index contributed by atoms with van der Waals surface area (Å²) in [4.78, 5) is 12.1. The highest BCUT2D eigenvalue weighted by Crippen LogP contribution is 2.23. The molecule has 0 spiro atoms. The first-order chi connectivity index (χ1) is 15.9. The number of hydrogen-bond donors (Lipinski definition) is 4. The van der Waals surface area contributed by atoms with Crippen LogP contribution in [0.15, 0.2) is 94.9 Å². The van der Waals surface area contributed by atoms with Crippen molar-refractivity contribution < 1.29 is 13.2 Å². The molecule has 1 aliphatic heterocycles. The standard InChI is InChI=1S/C23H20N4O3S3/c28-21(24-22-25-26-23(31)32-22)15-8-16-6-13-20(14-7-16)33(29,30)27-19-11-9-18(10-12-19)17-4-2-1-3-5-17/h1-15,23,26-27,31H,(H,24,25,28)/b15-8+. The van der Waals surface area contributed by atoms with E-state index in [0.29, 0.717) is 16.4 Å². The van der Waals surface area contributed by atoms with Crippen LogP contribution in [0.25, 0.3) is 17.2 Å². The van der Waals surface area contributed by atoms with Gasteiger partial charge in [-0.2, -0.15) is 5.10 Å². The lowest BCUT2D eigenvalue weighted by atomic mass is 10.1. The van der Waals surface area contributed by atoms with Gasteiger partial charge in [-0.05, 0) is 58.8 Å². The highest BCUT2D eigenvalue weighted by Gasteiger charge is 2.16. The number of hydrazone groups is 1. The molecule has 168 valence electrons. The van der Waals surface area contributed by atoms with Crippen molar-refractivity contribution in [2.75, 3.05) is 4.72 Å². The van der Waals surface area contributed by atoms with Crippen LogP contribution in [0.1, 0.15) is 5.56 Å². The van der Waals surface area contributed by atoms with Crippen molar-refractivity contribution in [1.29, 1.82) is 0 Å². The topological polar surface area (TPSA) is 99.7 Å². The molecule has 4 rings (SSSR count). The van der Waals surface area contributed by atoms with Crippen molar-refractivity contribution in [3.8, 4) is 11.1 Å². The van der Waals surface area contributed by atoms with Crippen LogP contribution in [0, 0.1) is 0 Å². The second-order valence-corrected chi connectivity index (χ2v) is 10.6. The number of hydrogen-bond acceptors (Lipinski definition) is 7. The molecule has 0 saturated carbocycles. The summed E-state index contributed by atoms with van der Waals surface area (Å²) in [7, 11) is -3.75. The number of nitrogens with one attached hydrogen (secondary N) is 3. The van der Waals surface area contributed by atoms with Crippen molar-refractivity contribution in [2.24, 2.45) is 5.10 Å². The maximum absolute atomic E-state index is 12.7. The lowest BCUT2D eigenvalue weighted by Gasteiger charge is -2.09. The van der Waals surface area contributed by atoms with Gasteiger partial charge < -0.3 is 5.32 Å². The van der Waals surface area contributed by atoms with Gasteiger partial charge in [0, 0.05) is 11.8 Å². The Labute approximate surface area is 201 Å². The van der Waals surface area contributed by atoms with E-state index >= 15 is 0 Å². The molecular formula is C23H20N4O3S3. The Hall–Kier alpha value is -3.21. The van der Waals surface area contributed by atoms with E-state index in [2.05, 4.69) is 33.2 Å². The quantitative estimate of drug-likeness (QED) is 0.304. The van der Waals surface area contributed by atoms with Crippen LogP contribution in [0.3, 0.4) is 0 Å². The molecule has 3 aromatic rings. The van der Waals surface area contributed by atoms with Gasteiger partial charge >= 0.3 is 0 Å². The summed E-state index contributed by atoms with van der Waals surface area (Å²) < 4.78 is 27.9. The van der Waals surface area contributed by atoms with Crippen molar-refractivity contribution in [3.63, 3.8) is 0 Å². The van der Waals surface area contributed by atoms with Gasteiger partial charge in [0.05, 0.1) is 4.90 Å². The molecule has 0 saturated heterocycles. The molecule has 1 aliphatic rings. The zero-order chi connectivity index (χ0) is 23.3. The highest BCUT2D eigenvalue weighted by atomic mass is 32.2. The first-order valence-corrected chi connectivity index (χ1v) is 12.7. The summed E-state index contributed by atoms with van der Waals surface area (Å²) in [6.07, 6.45) is 2.94. The molecule has 0 bridgehead atoms. The van der Waals surface area contributed by atoms with Gasteiger partial charge in [-0.15, -0.1) is 12.6 Å².